The molecule has 6 heteroatoms. The summed E-state index contributed by atoms with van der Waals surface area (Å²) in [5, 5.41) is 0.577. The standard InChI is InChI=1S/C20H28ClN3O2/c1-16-6-2-3-11-24(16)19(25)15-22-9-5-10-23(13-12-22)20(26)17-7-4-8-18(21)14-17/h4,7-8,14,16H,2-3,5-6,9-13,15H2,1H3. The first-order chi connectivity index (χ1) is 12.5. The smallest absolute Gasteiger partial charge is 0.253 e. The highest BCUT2D eigenvalue weighted by atomic mass is 35.5. The topological polar surface area (TPSA) is 43.9 Å². The molecule has 2 heterocycles. The normalized spacial score (nSPS) is 22.2. The Kier molecular flexibility index (Phi) is 6.54. The van der Waals surface area contributed by atoms with E-state index in [9.17, 15) is 9.59 Å². The van der Waals surface area contributed by atoms with Crippen LogP contribution >= 0.6 is 11.6 Å². The highest BCUT2D eigenvalue weighted by Crippen LogP contribution is 2.18. The van der Waals surface area contributed by atoms with Gasteiger partial charge in [0.25, 0.3) is 5.91 Å². The first kappa shape index (κ1) is 19.2. The molecule has 0 aromatic heterocycles. The number of hydrogen-bond acceptors (Lipinski definition) is 3. The molecule has 0 spiro atoms. The quantitative estimate of drug-likeness (QED) is 0.813. The van der Waals surface area contributed by atoms with Crippen molar-refractivity contribution in [1.29, 1.82) is 0 Å². The van der Waals surface area contributed by atoms with E-state index in [2.05, 4.69) is 11.8 Å². The molecular weight excluding hydrogens is 350 g/mol. The molecule has 2 amide bonds. The zero-order chi connectivity index (χ0) is 18.5. The molecule has 1 aromatic rings. The summed E-state index contributed by atoms with van der Waals surface area (Å²) in [6.07, 6.45) is 4.32. The number of halogens is 1. The third kappa shape index (κ3) is 4.77. The van der Waals surface area contributed by atoms with Crippen molar-refractivity contribution in [2.75, 3.05) is 39.3 Å². The van der Waals surface area contributed by atoms with E-state index < -0.39 is 0 Å². The number of benzene rings is 1. The number of carbonyl (C=O) groups excluding carboxylic acids is 2. The van der Waals surface area contributed by atoms with Crippen LogP contribution in [-0.2, 0) is 4.79 Å². The molecule has 142 valence electrons. The Balaban J connectivity index is 1.54. The highest BCUT2D eigenvalue weighted by molar-refractivity contribution is 6.30. The molecule has 2 aliphatic heterocycles. The summed E-state index contributed by atoms with van der Waals surface area (Å²) in [5.74, 6) is 0.247. The lowest BCUT2D eigenvalue weighted by molar-refractivity contribution is -0.135. The molecule has 1 unspecified atom stereocenters. The van der Waals surface area contributed by atoms with Gasteiger partial charge in [0.2, 0.25) is 5.91 Å². The summed E-state index contributed by atoms with van der Waals surface area (Å²) >= 11 is 6.00. The van der Waals surface area contributed by atoms with E-state index in [0.717, 1.165) is 45.4 Å². The second-order valence-electron chi connectivity index (χ2n) is 7.36. The van der Waals surface area contributed by atoms with Crippen molar-refractivity contribution < 1.29 is 9.59 Å². The summed E-state index contributed by atoms with van der Waals surface area (Å²) in [5.41, 5.74) is 0.629. The third-order valence-electron chi connectivity index (χ3n) is 5.43. The van der Waals surface area contributed by atoms with Gasteiger partial charge >= 0.3 is 0 Å². The zero-order valence-corrected chi connectivity index (χ0v) is 16.2. The maximum Gasteiger partial charge on any atom is 0.253 e. The summed E-state index contributed by atoms with van der Waals surface area (Å²) < 4.78 is 0. The number of rotatable bonds is 3. The summed E-state index contributed by atoms with van der Waals surface area (Å²) in [7, 11) is 0. The van der Waals surface area contributed by atoms with Crippen molar-refractivity contribution in [3.8, 4) is 0 Å². The first-order valence-electron chi connectivity index (χ1n) is 9.61. The minimum Gasteiger partial charge on any atom is -0.339 e. The van der Waals surface area contributed by atoms with E-state index in [4.69, 9.17) is 11.6 Å². The van der Waals surface area contributed by atoms with Crippen molar-refractivity contribution in [3.05, 3.63) is 34.9 Å². The summed E-state index contributed by atoms with van der Waals surface area (Å²) in [4.78, 5) is 31.4. The number of nitrogens with zero attached hydrogens (tertiary/aromatic N) is 3. The fourth-order valence-electron chi connectivity index (χ4n) is 3.89. The van der Waals surface area contributed by atoms with Crippen LogP contribution in [0.15, 0.2) is 24.3 Å². The molecule has 2 fully saturated rings. The summed E-state index contributed by atoms with van der Waals surface area (Å²) in [6, 6.07) is 7.45. The molecule has 0 N–H and O–H groups in total. The van der Waals surface area contributed by atoms with Crippen LogP contribution in [-0.4, -0.2) is 71.8 Å². The van der Waals surface area contributed by atoms with Gasteiger partial charge < -0.3 is 9.80 Å². The molecule has 0 radical (unpaired) electrons. The molecule has 2 saturated heterocycles. The second-order valence-corrected chi connectivity index (χ2v) is 7.80. The molecule has 0 bridgehead atoms. The summed E-state index contributed by atoms with van der Waals surface area (Å²) in [6.45, 7) is 6.44. The predicted molar refractivity (Wildman–Crippen MR) is 103 cm³/mol. The fraction of sp³-hybridized carbons (Fsp3) is 0.600. The predicted octanol–water partition coefficient (Wildman–Crippen LogP) is 2.89. The maximum atomic E-state index is 12.7. The fourth-order valence-corrected chi connectivity index (χ4v) is 4.08. The average molecular weight is 378 g/mol. The lowest BCUT2D eigenvalue weighted by atomic mass is 10.0. The van der Waals surface area contributed by atoms with Crippen LogP contribution in [0.5, 0.6) is 0 Å². The van der Waals surface area contributed by atoms with Gasteiger partial charge in [0.15, 0.2) is 0 Å². The van der Waals surface area contributed by atoms with Gasteiger partial charge in [-0.25, -0.2) is 0 Å². The second kappa shape index (κ2) is 8.87. The minimum atomic E-state index is 0.0188. The van der Waals surface area contributed by atoms with Crippen LogP contribution in [0.25, 0.3) is 0 Å². The van der Waals surface area contributed by atoms with Gasteiger partial charge in [-0.1, -0.05) is 17.7 Å². The monoisotopic (exact) mass is 377 g/mol. The largest absolute Gasteiger partial charge is 0.339 e. The minimum absolute atomic E-state index is 0.0188. The molecule has 0 aliphatic carbocycles. The van der Waals surface area contributed by atoms with E-state index in [1.165, 1.54) is 6.42 Å². The van der Waals surface area contributed by atoms with Crippen LogP contribution in [0.4, 0.5) is 0 Å². The zero-order valence-electron chi connectivity index (χ0n) is 15.5. The van der Waals surface area contributed by atoms with Gasteiger partial charge in [-0.15, -0.1) is 0 Å². The lowest BCUT2D eigenvalue weighted by Gasteiger charge is -2.35. The molecule has 3 rings (SSSR count). The number of amides is 2. The Morgan fingerprint density at radius 1 is 1.08 bits per heavy atom. The third-order valence-corrected chi connectivity index (χ3v) is 5.66. The highest BCUT2D eigenvalue weighted by Gasteiger charge is 2.26. The Bertz CT molecular complexity index is 652. The Morgan fingerprint density at radius 2 is 1.92 bits per heavy atom. The van der Waals surface area contributed by atoms with E-state index in [1.807, 2.05) is 9.80 Å². The van der Waals surface area contributed by atoms with Crippen LogP contribution in [0, 0.1) is 0 Å². The molecule has 1 atom stereocenters. The molecule has 5 nitrogen and oxygen atoms in total. The number of likely N-dealkylation sites (tertiary alicyclic amines) is 1. The van der Waals surface area contributed by atoms with E-state index in [-0.39, 0.29) is 11.8 Å². The van der Waals surface area contributed by atoms with Crippen LogP contribution in [0.3, 0.4) is 0 Å². The molecule has 0 saturated carbocycles. The van der Waals surface area contributed by atoms with Crippen LogP contribution < -0.4 is 0 Å². The van der Waals surface area contributed by atoms with Gasteiger partial charge in [0.05, 0.1) is 6.54 Å². The van der Waals surface area contributed by atoms with Crippen LogP contribution in [0.2, 0.25) is 5.02 Å². The van der Waals surface area contributed by atoms with Gasteiger partial charge in [-0.2, -0.15) is 0 Å². The number of piperidine rings is 1. The Labute approximate surface area is 160 Å². The van der Waals surface area contributed by atoms with Gasteiger partial charge in [-0.3, -0.25) is 14.5 Å². The Morgan fingerprint density at radius 3 is 2.69 bits per heavy atom. The van der Waals surface area contributed by atoms with Crippen molar-refractivity contribution >= 4 is 23.4 Å². The van der Waals surface area contributed by atoms with Crippen molar-refractivity contribution in [2.24, 2.45) is 0 Å². The van der Waals surface area contributed by atoms with E-state index in [1.54, 1.807) is 24.3 Å². The number of hydrogen-bond donors (Lipinski definition) is 0. The number of carbonyl (C=O) groups is 2. The van der Waals surface area contributed by atoms with Crippen molar-refractivity contribution in [2.45, 2.75) is 38.6 Å². The Hall–Kier alpha value is -1.59. The molecule has 26 heavy (non-hydrogen) atoms. The van der Waals surface area contributed by atoms with Crippen LogP contribution in [0.1, 0.15) is 43.0 Å². The average Bonchev–Trinajstić information content (AvgIpc) is 2.87. The maximum absolute atomic E-state index is 12.7. The molecular formula is C20H28ClN3O2. The molecule has 1 aromatic carbocycles. The van der Waals surface area contributed by atoms with Gasteiger partial charge in [0, 0.05) is 49.4 Å². The SMILES string of the molecule is CC1CCCCN1C(=O)CN1CCCN(C(=O)c2cccc(Cl)c2)CC1. The van der Waals surface area contributed by atoms with Crippen molar-refractivity contribution in [1.82, 2.24) is 14.7 Å². The van der Waals surface area contributed by atoms with Crippen molar-refractivity contribution in [3.63, 3.8) is 0 Å². The van der Waals surface area contributed by atoms with E-state index in [0.29, 0.717) is 29.7 Å². The lowest BCUT2D eigenvalue weighted by Crippen LogP contribution is -2.47. The van der Waals surface area contributed by atoms with Gasteiger partial charge in [-0.05, 0) is 50.8 Å². The molecule has 2 aliphatic rings. The van der Waals surface area contributed by atoms with E-state index >= 15 is 0 Å². The first-order valence-corrected chi connectivity index (χ1v) is 9.99. The van der Waals surface area contributed by atoms with Gasteiger partial charge in [0.1, 0.15) is 0 Å².